The zero-order valence-corrected chi connectivity index (χ0v) is 21.2. The summed E-state index contributed by atoms with van der Waals surface area (Å²) in [6.07, 6.45) is 0. The number of ether oxygens (including phenoxy) is 2. The van der Waals surface area contributed by atoms with Gasteiger partial charge in [0.05, 0.1) is 36.4 Å². The number of amides is 1. The summed E-state index contributed by atoms with van der Waals surface area (Å²) < 4.78 is 38.4. The number of hydrogen-bond acceptors (Lipinski definition) is 5. The summed E-state index contributed by atoms with van der Waals surface area (Å²) in [6.45, 7) is 1.50. The lowest BCUT2D eigenvalue weighted by Crippen LogP contribution is -2.37. The fourth-order valence-corrected chi connectivity index (χ4v) is 4.93. The van der Waals surface area contributed by atoms with E-state index in [0.29, 0.717) is 27.2 Å². The van der Waals surface area contributed by atoms with E-state index in [4.69, 9.17) is 32.7 Å². The van der Waals surface area contributed by atoms with Crippen molar-refractivity contribution in [3.63, 3.8) is 0 Å². The van der Waals surface area contributed by atoms with Crippen molar-refractivity contribution in [1.29, 1.82) is 0 Å². The molecule has 0 unspecified atom stereocenters. The molecule has 1 amide bonds. The lowest BCUT2D eigenvalue weighted by Gasteiger charge is -2.22. The van der Waals surface area contributed by atoms with Crippen LogP contribution in [0.2, 0.25) is 10.0 Å². The van der Waals surface area contributed by atoms with E-state index in [9.17, 15) is 13.2 Å². The molecule has 3 rings (SSSR count). The Bertz CT molecular complexity index is 1260. The first-order chi connectivity index (χ1) is 16.1. The molecule has 34 heavy (non-hydrogen) atoms. The van der Waals surface area contributed by atoms with Crippen LogP contribution in [0, 0.1) is 6.92 Å². The molecule has 0 atom stereocenters. The van der Waals surface area contributed by atoms with E-state index in [2.05, 4.69) is 5.32 Å². The zero-order valence-electron chi connectivity index (χ0n) is 18.8. The van der Waals surface area contributed by atoms with Crippen LogP contribution in [0.1, 0.15) is 11.1 Å². The summed E-state index contributed by atoms with van der Waals surface area (Å²) in [6, 6.07) is 16.2. The topological polar surface area (TPSA) is 84.9 Å². The minimum absolute atomic E-state index is 0.000264. The number of benzene rings is 3. The molecule has 0 heterocycles. The predicted molar refractivity (Wildman–Crippen MR) is 133 cm³/mol. The van der Waals surface area contributed by atoms with E-state index in [-0.39, 0.29) is 11.4 Å². The van der Waals surface area contributed by atoms with E-state index in [0.717, 1.165) is 15.4 Å². The van der Waals surface area contributed by atoms with Crippen LogP contribution in [-0.4, -0.2) is 39.4 Å². The zero-order chi connectivity index (χ0) is 24.9. The van der Waals surface area contributed by atoms with Crippen LogP contribution in [0.15, 0.2) is 65.6 Å². The standard InChI is InChI=1S/C24H24Cl2N2O5S/c1-16-4-6-17(7-5-16)14-28(34(30,31)19-10-8-18(25)9-11-19)15-24(29)27-21-13-22(32-2)20(26)12-23(21)33-3/h4-13H,14-15H2,1-3H3,(H,27,29). The van der Waals surface area contributed by atoms with Crippen LogP contribution in [0.5, 0.6) is 11.5 Å². The maximum atomic E-state index is 13.4. The van der Waals surface area contributed by atoms with Gasteiger partial charge in [0, 0.05) is 23.7 Å². The number of sulfonamides is 1. The Balaban J connectivity index is 1.91. The summed E-state index contributed by atoms with van der Waals surface area (Å²) in [5, 5.41) is 3.41. The third kappa shape index (κ3) is 6.21. The van der Waals surface area contributed by atoms with Crippen molar-refractivity contribution in [2.75, 3.05) is 26.1 Å². The highest BCUT2D eigenvalue weighted by Crippen LogP contribution is 2.36. The molecule has 10 heteroatoms. The smallest absolute Gasteiger partial charge is 0.243 e. The molecule has 0 aliphatic rings. The first-order valence-corrected chi connectivity index (χ1v) is 12.4. The molecule has 3 aromatic carbocycles. The molecule has 0 radical (unpaired) electrons. The molecule has 0 bridgehead atoms. The van der Waals surface area contributed by atoms with Crippen LogP contribution in [0.25, 0.3) is 0 Å². The van der Waals surface area contributed by atoms with E-state index in [1.165, 1.54) is 50.6 Å². The Kier molecular flexibility index (Phi) is 8.43. The molecule has 0 fully saturated rings. The van der Waals surface area contributed by atoms with Crippen LogP contribution >= 0.6 is 23.2 Å². The molecule has 0 aliphatic carbocycles. The van der Waals surface area contributed by atoms with Gasteiger partial charge in [-0.25, -0.2) is 8.42 Å². The van der Waals surface area contributed by atoms with Gasteiger partial charge in [0.15, 0.2) is 0 Å². The number of aryl methyl sites for hydroxylation is 1. The summed E-state index contributed by atoms with van der Waals surface area (Å²) in [7, 11) is -1.13. The Morgan fingerprint density at radius 1 is 0.941 bits per heavy atom. The Hall–Kier alpha value is -2.78. The minimum atomic E-state index is -4.01. The molecular formula is C24H24Cl2N2O5S. The van der Waals surface area contributed by atoms with E-state index in [1.807, 2.05) is 31.2 Å². The van der Waals surface area contributed by atoms with Gasteiger partial charge in [-0.3, -0.25) is 4.79 Å². The number of methoxy groups -OCH3 is 2. The molecular weight excluding hydrogens is 499 g/mol. The van der Waals surface area contributed by atoms with Gasteiger partial charge < -0.3 is 14.8 Å². The van der Waals surface area contributed by atoms with Crippen molar-refractivity contribution in [3.05, 3.63) is 81.8 Å². The number of hydrogen-bond donors (Lipinski definition) is 1. The van der Waals surface area contributed by atoms with Gasteiger partial charge >= 0.3 is 0 Å². The second-order valence-corrected chi connectivity index (χ2v) is 10.2. The van der Waals surface area contributed by atoms with Gasteiger partial charge in [-0.1, -0.05) is 53.0 Å². The van der Waals surface area contributed by atoms with Crippen molar-refractivity contribution in [2.45, 2.75) is 18.4 Å². The SMILES string of the molecule is COc1cc(NC(=O)CN(Cc2ccc(C)cc2)S(=O)(=O)c2ccc(Cl)cc2)c(OC)cc1Cl. The molecule has 0 aromatic heterocycles. The first-order valence-electron chi connectivity index (χ1n) is 10.2. The Morgan fingerprint density at radius 2 is 1.56 bits per heavy atom. The van der Waals surface area contributed by atoms with Crippen LogP contribution in [0.4, 0.5) is 5.69 Å². The molecule has 180 valence electrons. The van der Waals surface area contributed by atoms with E-state index in [1.54, 1.807) is 0 Å². The molecule has 7 nitrogen and oxygen atoms in total. The molecule has 0 aliphatic heterocycles. The van der Waals surface area contributed by atoms with Crippen molar-refractivity contribution in [2.24, 2.45) is 0 Å². The molecule has 0 spiro atoms. The van der Waals surface area contributed by atoms with Gasteiger partial charge in [-0.2, -0.15) is 4.31 Å². The molecule has 0 saturated carbocycles. The quantitative estimate of drug-likeness (QED) is 0.420. The predicted octanol–water partition coefficient (Wildman–Crippen LogP) is 5.15. The summed E-state index contributed by atoms with van der Waals surface area (Å²) >= 11 is 12.0. The van der Waals surface area contributed by atoms with Crippen LogP contribution in [0.3, 0.4) is 0 Å². The number of halogens is 2. The summed E-state index contributed by atoms with van der Waals surface area (Å²) in [4.78, 5) is 13.0. The van der Waals surface area contributed by atoms with E-state index >= 15 is 0 Å². The number of nitrogens with zero attached hydrogens (tertiary/aromatic N) is 1. The van der Waals surface area contributed by atoms with Crippen molar-refractivity contribution < 1.29 is 22.7 Å². The fraction of sp³-hybridized carbons (Fsp3) is 0.208. The number of carbonyl (C=O) groups excluding carboxylic acids is 1. The van der Waals surface area contributed by atoms with Gasteiger partial charge in [-0.15, -0.1) is 0 Å². The first kappa shape index (κ1) is 25.8. The highest BCUT2D eigenvalue weighted by Gasteiger charge is 2.27. The van der Waals surface area contributed by atoms with Gasteiger partial charge in [-0.05, 0) is 36.8 Å². The maximum Gasteiger partial charge on any atom is 0.243 e. The lowest BCUT2D eigenvalue weighted by atomic mass is 10.1. The number of anilines is 1. The van der Waals surface area contributed by atoms with Gasteiger partial charge in [0.1, 0.15) is 11.5 Å². The lowest BCUT2D eigenvalue weighted by molar-refractivity contribution is -0.116. The van der Waals surface area contributed by atoms with E-state index < -0.39 is 22.5 Å². The molecule has 1 N–H and O–H groups in total. The Morgan fingerprint density at radius 3 is 2.15 bits per heavy atom. The third-order valence-electron chi connectivity index (χ3n) is 5.00. The third-order valence-corrected chi connectivity index (χ3v) is 7.35. The normalized spacial score (nSPS) is 11.4. The summed E-state index contributed by atoms with van der Waals surface area (Å²) in [5.74, 6) is 0.0835. The minimum Gasteiger partial charge on any atom is -0.495 e. The van der Waals surface area contributed by atoms with Gasteiger partial charge in [0.2, 0.25) is 15.9 Å². The number of nitrogens with one attached hydrogen (secondary N) is 1. The fourth-order valence-electron chi connectivity index (χ4n) is 3.19. The highest BCUT2D eigenvalue weighted by atomic mass is 35.5. The second-order valence-electron chi connectivity index (χ2n) is 7.45. The average molecular weight is 523 g/mol. The second kappa shape index (κ2) is 11.1. The number of carbonyl (C=O) groups is 1. The van der Waals surface area contributed by atoms with Crippen molar-refractivity contribution in [3.8, 4) is 11.5 Å². The number of rotatable bonds is 9. The monoisotopic (exact) mass is 522 g/mol. The maximum absolute atomic E-state index is 13.4. The molecule has 3 aromatic rings. The van der Waals surface area contributed by atoms with Crippen molar-refractivity contribution >= 4 is 44.8 Å². The van der Waals surface area contributed by atoms with Crippen LogP contribution < -0.4 is 14.8 Å². The van der Waals surface area contributed by atoms with Crippen LogP contribution in [-0.2, 0) is 21.4 Å². The van der Waals surface area contributed by atoms with Gasteiger partial charge in [0.25, 0.3) is 0 Å². The highest BCUT2D eigenvalue weighted by molar-refractivity contribution is 7.89. The van der Waals surface area contributed by atoms with Crippen molar-refractivity contribution in [1.82, 2.24) is 4.31 Å². The average Bonchev–Trinajstić information content (AvgIpc) is 2.81. The summed E-state index contributed by atoms with van der Waals surface area (Å²) in [5.41, 5.74) is 2.08. The Labute approximate surface area is 209 Å². The molecule has 0 saturated heterocycles. The largest absolute Gasteiger partial charge is 0.495 e.